The monoisotopic (exact) mass is 399 g/mol. The standard InChI is InChI=1S/C17H17F4N5O2/c1-16(15(17(19,20)21)28-8-12(22)26-16)10-7-9(3-4-11(10)18)25-13-14(27-2)24-6-5-23-13/h3-7,15H,8H2,1-2H3,(H2,22,26)(H,23,25)/t15-,16-/m1/s1. The Balaban J connectivity index is 2.06. The summed E-state index contributed by atoms with van der Waals surface area (Å²) in [6.45, 7) is 0.637. The fourth-order valence-corrected chi connectivity index (χ4v) is 3.02. The van der Waals surface area contributed by atoms with E-state index < -0.39 is 30.2 Å². The van der Waals surface area contributed by atoms with Gasteiger partial charge in [-0.05, 0) is 25.1 Å². The summed E-state index contributed by atoms with van der Waals surface area (Å²) in [5, 5.41) is 2.85. The van der Waals surface area contributed by atoms with Crippen molar-refractivity contribution in [1.29, 1.82) is 0 Å². The van der Waals surface area contributed by atoms with Crippen molar-refractivity contribution in [2.24, 2.45) is 10.7 Å². The van der Waals surface area contributed by atoms with Crippen molar-refractivity contribution >= 4 is 17.3 Å². The van der Waals surface area contributed by atoms with Gasteiger partial charge >= 0.3 is 6.18 Å². The second-order valence-electron chi connectivity index (χ2n) is 6.22. The van der Waals surface area contributed by atoms with E-state index in [2.05, 4.69) is 20.3 Å². The second-order valence-corrected chi connectivity index (χ2v) is 6.22. The third-order valence-electron chi connectivity index (χ3n) is 4.21. The van der Waals surface area contributed by atoms with Crippen LogP contribution in [0, 0.1) is 5.82 Å². The Bertz CT molecular complexity index is 905. The molecule has 0 radical (unpaired) electrons. The molecule has 1 aromatic heterocycles. The van der Waals surface area contributed by atoms with Gasteiger partial charge in [0.15, 0.2) is 11.9 Å². The van der Waals surface area contributed by atoms with Crippen molar-refractivity contribution in [3.8, 4) is 5.88 Å². The molecule has 1 aliphatic heterocycles. The molecule has 1 aliphatic rings. The number of nitrogens with two attached hydrogens (primary N) is 1. The average molecular weight is 399 g/mol. The van der Waals surface area contributed by atoms with E-state index in [4.69, 9.17) is 15.2 Å². The number of methoxy groups -OCH3 is 1. The summed E-state index contributed by atoms with van der Waals surface area (Å²) in [5.74, 6) is -0.661. The predicted octanol–water partition coefficient (Wildman–Crippen LogP) is 2.90. The normalized spacial score (nSPS) is 22.5. The summed E-state index contributed by atoms with van der Waals surface area (Å²) in [7, 11) is 1.39. The van der Waals surface area contributed by atoms with Crippen molar-refractivity contribution in [3.05, 3.63) is 42.0 Å². The van der Waals surface area contributed by atoms with Gasteiger partial charge < -0.3 is 20.5 Å². The minimum absolute atomic E-state index is 0.156. The number of alkyl halides is 3. The number of anilines is 2. The molecular formula is C17H17F4N5O2. The van der Waals surface area contributed by atoms with Crippen LogP contribution >= 0.6 is 0 Å². The van der Waals surface area contributed by atoms with Crippen molar-refractivity contribution in [3.63, 3.8) is 0 Å². The van der Waals surface area contributed by atoms with Crippen LogP contribution in [0.25, 0.3) is 0 Å². The van der Waals surface area contributed by atoms with Crippen LogP contribution in [0.1, 0.15) is 12.5 Å². The Kier molecular flexibility index (Phi) is 5.11. The Morgan fingerprint density at radius 1 is 1.29 bits per heavy atom. The van der Waals surface area contributed by atoms with Gasteiger partial charge in [0.05, 0.1) is 7.11 Å². The van der Waals surface area contributed by atoms with Gasteiger partial charge in [-0.15, -0.1) is 0 Å². The molecule has 0 saturated carbocycles. The molecule has 2 heterocycles. The highest BCUT2D eigenvalue weighted by molar-refractivity contribution is 5.83. The zero-order valence-corrected chi connectivity index (χ0v) is 14.9. The summed E-state index contributed by atoms with van der Waals surface area (Å²) in [4.78, 5) is 11.9. The van der Waals surface area contributed by atoms with Crippen LogP contribution in [-0.4, -0.2) is 41.8 Å². The van der Waals surface area contributed by atoms with Gasteiger partial charge in [-0.25, -0.2) is 14.4 Å². The third-order valence-corrected chi connectivity index (χ3v) is 4.21. The van der Waals surface area contributed by atoms with E-state index in [-0.39, 0.29) is 28.8 Å². The van der Waals surface area contributed by atoms with Gasteiger partial charge in [0.2, 0.25) is 0 Å². The first-order valence-electron chi connectivity index (χ1n) is 8.09. The highest BCUT2D eigenvalue weighted by atomic mass is 19.4. The van der Waals surface area contributed by atoms with Gasteiger partial charge in [0, 0.05) is 23.6 Å². The van der Waals surface area contributed by atoms with Crippen LogP contribution in [0.3, 0.4) is 0 Å². The van der Waals surface area contributed by atoms with Crippen LogP contribution in [-0.2, 0) is 10.3 Å². The lowest BCUT2D eigenvalue weighted by molar-refractivity contribution is -0.238. The number of hydrogen-bond donors (Lipinski definition) is 2. The molecule has 7 nitrogen and oxygen atoms in total. The van der Waals surface area contributed by atoms with Crippen LogP contribution in [0.15, 0.2) is 35.6 Å². The molecule has 2 atom stereocenters. The fraction of sp³-hybridized carbons (Fsp3) is 0.353. The number of nitrogens with zero attached hydrogens (tertiary/aromatic N) is 3. The smallest absolute Gasteiger partial charge is 0.417 e. The summed E-state index contributed by atoms with van der Waals surface area (Å²) in [5.41, 5.74) is 3.42. The van der Waals surface area contributed by atoms with Gasteiger partial charge in [-0.3, -0.25) is 4.99 Å². The quantitative estimate of drug-likeness (QED) is 0.768. The fourth-order valence-electron chi connectivity index (χ4n) is 3.02. The van der Waals surface area contributed by atoms with Crippen molar-refractivity contribution in [1.82, 2.24) is 9.97 Å². The van der Waals surface area contributed by atoms with Gasteiger partial charge in [0.25, 0.3) is 5.88 Å². The molecule has 2 aromatic rings. The Labute approximate surface area is 157 Å². The topological polar surface area (TPSA) is 94.7 Å². The summed E-state index contributed by atoms with van der Waals surface area (Å²) < 4.78 is 65.0. The maximum Gasteiger partial charge on any atom is 0.417 e. The van der Waals surface area contributed by atoms with E-state index >= 15 is 0 Å². The molecule has 3 N–H and O–H groups in total. The minimum atomic E-state index is -4.77. The molecule has 0 fully saturated rings. The Morgan fingerprint density at radius 3 is 2.68 bits per heavy atom. The van der Waals surface area contributed by atoms with E-state index in [1.807, 2.05) is 0 Å². The molecule has 0 unspecified atom stereocenters. The second kappa shape index (κ2) is 7.23. The number of ether oxygens (including phenoxy) is 2. The first kappa shape index (κ1) is 19.8. The number of amidine groups is 1. The number of aromatic nitrogens is 2. The first-order chi connectivity index (χ1) is 13.1. The van der Waals surface area contributed by atoms with E-state index in [1.54, 1.807) is 0 Å². The zero-order valence-electron chi connectivity index (χ0n) is 14.9. The largest absolute Gasteiger partial charge is 0.478 e. The van der Waals surface area contributed by atoms with Crippen LogP contribution in [0.2, 0.25) is 0 Å². The molecule has 0 saturated heterocycles. The van der Waals surface area contributed by atoms with Crippen LogP contribution in [0.5, 0.6) is 5.88 Å². The molecule has 0 aliphatic carbocycles. The highest BCUT2D eigenvalue weighted by Gasteiger charge is 2.56. The van der Waals surface area contributed by atoms with E-state index in [9.17, 15) is 17.6 Å². The van der Waals surface area contributed by atoms with Crippen LogP contribution < -0.4 is 15.8 Å². The van der Waals surface area contributed by atoms with Crippen molar-refractivity contribution in [2.45, 2.75) is 24.7 Å². The predicted molar refractivity (Wildman–Crippen MR) is 93.0 cm³/mol. The molecule has 11 heteroatoms. The molecule has 150 valence electrons. The minimum Gasteiger partial charge on any atom is -0.478 e. The lowest BCUT2D eigenvalue weighted by Crippen LogP contribution is -2.53. The SMILES string of the molecule is COc1nccnc1Nc1ccc(F)c([C@@]2(C)N=C(N)CO[C@H]2C(F)(F)F)c1. The number of rotatable bonds is 4. The lowest BCUT2D eigenvalue weighted by Gasteiger charge is -2.39. The van der Waals surface area contributed by atoms with Gasteiger partial charge in [-0.1, -0.05) is 0 Å². The molecule has 3 rings (SSSR count). The summed E-state index contributed by atoms with van der Waals surface area (Å²) in [6.07, 6.45) is -4.33. The molecular weight excluding hydrogens is 382 g/mol. The Hall–Kier alpha value is -2.95. The number of hydrogen-bond acceptors (Lipinski definition) is 7. The maximum atomic E-state index is 14.6. The molecule has 28 heavy (non-hydrogen) atoms. The molecule has 0 spiro atoms. The highest BCUT2D eigenvalue weighted by Crippen LogP contribution is 2.43. The average Bonchev–Trinajstić information content (AvgIpc) is 2.62. The van der Waals surface area contributed by atoms with Crippen molar-refractivity contribution < 1.29 is 27.0 Å². The third kappa shape index (κ3) is 3.70. The zero-order chi connectivity index (χ0) is 20.5. The van der Waals surface area contributed by atoms with Crippen LogP contribution in [0.4, 0.5) is 29.1 Å². The molecule has 0 amide bonds. The van der Waals surface area contributed by atoms with E-state index in [0.717, 1.165) is 13.0 Å². The number of benzene rings is 1. The number of nitrogens with one attached hydrogen (secondary N) is 1. The molecule has 0 bridgehead atoms. The number of aliphatic imine (C=N–C) groups is 1. The summed E-state index contributed by atoms with van der Waals surface area (Å²) >= 11 is 0. The summed E-state index contributed by atoms with van der Waals surface area (Å²) in [6, 6.07) is 3.57. The first-order valence-corrected chi connectivity index (χ1v) is 8.09. The molecule has 1 aromatic carbocycles. The van der Waals surface area contributed by atoms with Gasteiger partial charge in [0.1, 0.15) is 23.8 Å². The maximum absolute atomic E-state index is 14.6. The van der Waals surface area contributed by atoms with Gasteiger partial charge in [-0.2, -0.15) is 13.2 Å². The van der Waals surface area contributed by atoms with E-state index in [1.165, 1.54) is 31.6 Å². The Morgan fingerprint density at radius 2 is 2.00 bits per heavy atom. The van der Waals surface area contributed by atoms with E-state index in [0.29, 0.717) is 0 Å². The van der Waals surface area contributed by atoms with Crippen molar-refractivity contribution in [2.75, 3.05) is 19.0 Å². The number of halogens is 4. The lowest BCUT2D eigenvalue weighted by atomic mass is 9.84.